The number of hydrogen-bond acceptors (Lipinski definition) is 4. The van der Waals surface area contributed by atoms with Crippen molar-refractivity contribution in [1.82, 2.24) is 10.6 Å². The van der Waals surface area contributed by atoms with Gasteiger partial charge in [-0.15, -0.1) is 0 Å². The van der Waals surface area contributed by atoms with Crippen molar-refractivity contribution in [2.75, 3.05) is 53.2 Å². The molecular weight excluding hydrogens is 318 g/mol. The van der Waals surface area contributed by atoms with Gasteiger partial charge in [0.1, 0.15) is 0 Å². The fourth-order valence-corrected chi connectivity index (χ4v) is 2.76. The first kappa shape index (κ1) is 22.2. The minimum Gasteiger partial charge on any atom is -0.381 e. The third-order valence-electron chi connectivity index (χ3n) is 4.46. The van der Waals surface area contributed by atoms with Gasteiger partial charge in [0.25, 0.3) is 0 Å². The van der Waals surface area contributed by atoms with E-state index in [0.717, 1.165) is 64.7 Å². The highest BCUT2D eigenvalue weighted by molar-refractivity contribution is 5.79. The van der Waals surface area contributed by atoms with Crippen LogP contribution >= 0.6 is 0 Å². The van der Waals surface area contributed by atoms with Gasteiger partial charge in [0.2, 0.25) is 0 Å². The Bertz CT molecular complexity index is 363. The lowest BCUT2D eigenvalue weighted by atomic mass is 9.89. The molecule has 2 N–H and O–H groups in total. The van der Waals surface area contributed by atoms with Crippen LogP contribution in [0.2, 0.25) is 0 Å². The summed E-state index contributed by atoms with van der Waals surface area (Å²) in [5.41, 5.74) is 0.0770. The molecule has 1 aliphatic rings. The molecule has 1 fully saturated rings. The standard InChI is InChI=1S/C19H39N3O3/c1-6-20-18(22-14-17(23-5)19(2,3)4)21-10-7-11-25-15-16-8-12-24-13-9-16/h16-17H,6-15H2,1-5H3,(H2,20,21,22). The van der Waals surface area contributed by atoms with E-state index in [1.54, 1.807) is 7.11 Å². The number of nitrogens with one attached hydrogen (secondary N) is 2. The van der Waals surface area contributed by atoms with E-state index in [2.05, 4.69) is 43.3 Å². The Morgan fingerprint density at radius 3 is 2.56 bits per heavy atom. The largest absolute Gasteiger partial charge is 0.381 e. The molecule has 1 unspecified atom stereocenters. The lowest BCUT2D eigenvalue weighted by Crippen LogP contribution is -2.40. The van der Waals surface area contributed by atoms with Gasteiger partial charge in [-0.2, -0.15) is 0 Å². The number of rotatable bonds is 10. The summed E-state index contributed by atoms with van der Waals surface area (Å²) in [5.74, 6) is 1.52. The van der Waals surface area contributed by atoms with Crippen molar-refractivity contribution < 1.29 is 14.2 Å². The number of hydrogen-bond donors (Lipinski definition) is 2. The molecule has 0 amide bonds. The molecule has 1 atom stereocenters. The van der Waals surface area contributed by atoms with Crippen LogP contribution in [-0.2, 0) is 14.2 Å². The zero-order valence-electron chi connectivity index (χ0n) is 16.9. The molecule has 0 aromatic heterocycles. The predicted molar refractivity (Wildman–Crippen MR) is 103 cm³/mol. The monoisotopic (exact) mass is 357 g/mol. The first-order valence-electron chi connectivity index (χ1n) is 9.67. The molecule has 6 nitrogen and oxygen atoms in total. The quantitative estimate of drug-likeness (QED) is 0.357. The van der Waals surface area contributed by atoms with Crippen molar-refractivity contribution in [3.8, 4) is 0 Å². The lowest BCUT2D eigenvalue weighted by molar-refractivity contribution is 0.0203. The van der Waals surface area contributed by atoms with Gasteiger partial charge < -0.3 is 24.8 Å². The normalized spacial score (nSPS) is 18.2. The molecule has 0 radical (unpaired) electrons. The average Bonchev–Trinajstić information content (AvgIpc) is 2.58. The van der Waals surface area contributed by atoms with Gasteiger partial charge in [0, 0.05) is 46.6 Å². The van der Waals surface area contributed by atoms with Gasteiger partial charge in [-0.1, -0.05) is 20.8 Å². The van der Waals surface area contributed by atoms with Crippen molar-refractivity contribution in [3.05, 3.63) is 0 Å². The molecule has 1 saturated heterocycles. The van der Waals surface area contributed by atoms with Crippen LogP contribution in [0, 0.1) is 11.3 Å². The van der Waals surface area contributed by atoms with Crippen LogP contribution in [0.1, 0.15) is 47.0 Å². The van der Waals surface area contributed by atoms with Gasteiger partial charge in [0.15, 0.2) is 5.96 Å². The van der Waals surface area contributed by atoms with E-state index in [-0.39, 0.29) is 11.5 Å². The topological polar surface area (TPSA) is 64.1 Å². The van der Waals surface area contributed by atoms with Crippen molar-refractivity contribution in [1.29, 1.82) is 0 Å². The minimum absolute atomic E-state index is 0.0770. The molecule has 0 aromatic rings. The number of methoxy groups -OCH3 is 1. The highest BCUT2D eigenvalue weighted by Crippen LogP contribution is 2.21. The second-order valence-corrected chi connectivity index (χ2v) is 7.72. The highest BCUT2D eigenvalue weighted by Gasteiger charge is 2.24. The summed E-state index contributed by atoms with van der Waals surface area (Å²) in [4.78, 5) is 4.66. The SMILES string of the molecule is CCNC(=NCC(OC)C(C)(C)C)NCCCOCC1CCOCC1. The van der Waals surface area contributed by atoms with E-state index in [4.69, 9.17) is 14.2 Å². The number of aliphatic imine (C=N–C) groups is 1. The van der Waals surface area contributed by atoms with E-state index >= 15 is 0 Å². The van der Waals surface area contributed by atoms with Crippen LogP contribution < -0.4 is 10.6 Å². The lowest BCUT2D eigenvalue weighted by Gasteiger charge is -2.28. The van der Waals surface area contributed by atoms with E-state index in [0.29, 0.717) is 12.5 Å². The first-order chi connectivity index (χ1) is 12.0. The Morgan fingerprint density at radius 2 is 1.96 bits per heavy atom. The third-order valence-corrected chi connectivity index (χ3v) is 4.46. The molecule has 0 saturated carbocycles. The van der Waals surface area contributed by atoms with Crippen LogP contribution in [-0.4, -0.2) is 65.2 Å². The first-order valence-corrected chi connectivity index (χ1v) is 9.67. The van der Waals surface area contributed by atoms with E-state index in [9.17, 15) is 0 Å². The second kappa shape index (κ2) is 12.5. The average molecular weight is 358 g/mol. The highest BCUT2D eigenvalue weighted by atomic mass is 16.5. The smallest absolute Gasteiger partial charge is 0.191 e. The second-order valence-electron chi connectivity index (χ2n) is 7.72. The molecule has 0 spiro atoms. The van der Waals surface area contributed by atoms with Crippen LogP contribution in [0.25, 0.3) is 0 Å². The number of ether oxygens (including phenoxy) is 3. The summed E-state index contributed by atoms with van der Waals surface area (Å²) in [6.07, 6.45) is 3.33. The molecular formula is C19H39N3O3. The summed E-state index contributed by atoms with van der Waals surface area (Å²) >= 11 is 0. The van der Waals surface area contributed by atoms with Gasteiger partial charge in [-0.3, -0.25) is 4.99 Å². The fourth-order valence-electron chi connectivity index (χ4n) is 2.76. The van der Waals surface area contributed by atoms with Gasteiger partial charge in [-0.05, 0) is 37.5 Å². The molecule has 0 aromatic carbocycles. The van der Waals surface area contributed by atoms with Crippen molar-refractivity contribution in [2.45, 2.75) is 53.1 Å². The maximum Gasteiger partial charge on any atom is 0.191 e. The van der Waals surface area contributed by atoms with E-state index in [1.807, 2.05) is 0 Å². The fraction of sp³-hybridized carbons (Fsp3) is 0.947. The third kappa shape index (κ3) is 10.0. The van der Waals surface area contributed by atoms with Crippen LogP contribution in [0.4, 0.5) is 0 Å². The Balaban J connectivity index is 2.21. The maximum absolute atomic E-state index is 5.80. The predicted octanol–water partition coefficient (Wildman–Crippen LogP) is 2.44. The molecule has 0 bridgehead atoms. The van der Waals surface area contributed by atoms with Gasteiger partial charge >= 0.3 is 0 Å². The van der Waals surface area contributed by atoms with Gasteiger partial charge in [0.05, 0.1) is 12.6 Å². The Morgan fingerprint density at radius 1 is 1.24 bits per heavy atom. The molecule has 1 rings (SSSR count). The molecule has 1 heterocycles. The zero-order valence-corrected chi connectivity index (χ0v) is 16.9. The number of guanidine groups is 1. The zero-order chi connectivity index (χ0) is 18.5. The van der Waals surface area contributed by atoms with Crippen molar-refractivity contribution in [2.24, 2.45) is 16.3 Å². The summed E-state index contributed by atoms with van der Waals surface area (Å²) in [6, 6.07) is 0. The molecule has 6 heteroatoms. The maximum atomic E-state index is 5.80. The Labute approximate surface area is 154 Å². The Kier molecular flexibility index (Phi) is 11.1. The number of nitrogens with zero attached hydrogens (tertiary/aromatic N) is 1. The molecule has 25 heavy (non-hydrogen) atoms. The molecule has 0 aliphatic carbocycles. The summed E-state index contributed by atoms with van der Waals surface area (Å²) in [6.45, 7) is 14.4. The van der Waals surface area contributed by atoms with E-state index < -0.39 is 0 Å². The summed E-state index contributed by atoms with van der Waals surface area (Å²) < 4.78 is 16.7. The van der Waals surface area contributed by atoms with Crippen molar-refractivity contribution in [3.63, 3.8) is 0 Å². The van der Waals surface area contributed by atoms with Crippen LogP contribution in [0.3, 0.4) is 0 Å². The summed E-state index contributed by atoms with van der Waals surface area (Å²) in [7, 11) is 1.75. The minimum atomic E-state index is 0.0770. The van der Waals surface area contributed by atoms with Crippen LogP contribution in [0.5, 0.6) is 0 Å². The van der Waals surface area contributed by atoms with Gasteiger partial charge in [-0.25, -0.2) is 0 Å². The molecule has 148 valence electrons. The van der Waals surface area contributed by atoms with Crippen LogP contribution in [0.15, 0.2) is 4.99 Å². The van der Waals surface area contributed by atoms with Crippen molar-refractivity contribution >= 4 is 5.96 Å². The summed E-state index contributed by atoms with van der Waals surface area (Å²) in [5, 5.41) is 6.66. The molecule has 1 aliphatic heterocycles. The van der Waals surface area contributed by atoms with E-state index in [1.165, 1.54) is 0 Å². The Hall–Kier alpha value is -0.850.